The minimum absolute atomic E-state index is 0.213. The topological polar surface area (TPSA) is 34.1 Å². The van der Waals surface area contributed by atoms with Crippen molar-refractivity contribution in [3.63, 3.8) is 0 Å². The molecule has 1 N–H and O–H groups in total. The molecule has 20 heavy (non-hydrogen) atoms. The first kappa shape index (κ1) is 14.5. The van der Waals surface area contributed by atoms with Crippen molar-refractivity contribution < 1.29 is 4.74 Å². The van der Waals surface area contributed by atoms with Gasteiger partial charge in [0, 0.05) is 25.0 Å². The van der Waals surface area contributed by atoms with E-state index in [2.05, 4.69) is 35.4 Å². The minimum atomic E-state index is 0.213. The van der Waals surface area contributed by atoms with E-state index in [0.717, 1.165) is 12.3 Å². The normalized spacial score (nSPS) is 12.4. The van der Waals surface area contributed by atoms with Crippen molar-refractivity contribution in [2.24, 2.45) is 0 Å². The van der Waals surface area contributed by atoms with Gasteiger partial charge in [-0.1, -0.05) is 18.2 Å². The maximum absolute atomic E-state index is 5.64. The van der Waals surface area contributed by atoms with Gasteiger partial charge in [0.25, 0.3) is 0 Å². The summed E-state index contributed by atoms with van der Waals surface area (Å²) in [5, 5.41) is 3.49. The number of benzene rings is 1. The van der Waals surface area contributed by atoms with E-state index in [-0.39, 0.29) is 12.1 Å². The molecule has 106 valence electrons. The molecule has 0 aliphatic carbocycles. The number of rotatable bonds is 6. The van der Waals surface area contributed by atoms with Gasteiger partial charge >= 0.3 is 0 Å². The van der Waals surface area contributed by atoms with Gasteiger partial charge in [0.15, 0.2) is 0 Å². The van der Waals surface area contributed by atoms with Crippen LogP contribution in [0.5, 0.6) is 5.75 Å². The largest absolute Gasteiger partial charge is 0.491 e. The van der Waals surface area contributed by atoms with Crippen molar-refractivity contribution in [1.29, 1.82) is 0 Å². The summed E-state index contributed by atoms with van der Waals surface area (Å²) in [6.07, 6.45) is 3.91. The molecule has 2 rings (SSSR count). The van der Waals surface area contributed by atoms with E-state index >= 15 is 0 Å². The third kappa shape index (κ3) is 4.35. The SMILES string of the molecule is CC(C)Oc1ccc(CN[C@H](C)c2cccnc2)cc1. The summed E-state index contributed by atoms with van der Waals surface area (Å²) < 4.78 is 5.64. The second-order valence-electron chi connectivity index (χ2n) is 5.20. The highest BCUT2D eigenvalue weighted by molar-refractivity contribution is 5.27. The molecule has 0 saturated heterocycles. The molecule has 0 saturated carbocycles. The Balaban J connectivity index is 1.88. The Morgan fingerprint density at radius 2 is 1.85 bits per heavy atom. The van der Waals surface area contributed by atoms with Crippen LogP contribution in [-0.4, -0.2) is 11.1 Å². The summed E-state index contributed by atoms with van der Waals surface area (Å²) in [5.41, 5.74) is 2.45. The average Bonchev–Trinajstić information content (AvgIpc) is 2.46. The van der Waals surface area contributed by atoms with Crippen LogP contribution in [-0.2, 0) is 6.54 Å². The minimum Gasteiger partial charge on any atom is -0.491 e. The lowest BCUT2D eigenvalue weighted by molar-refractivity contribution is 0.242. The highest BCUT2D eigenvalue weighted by Crippen LogP contribution is 2.15. The number of aromatic nitrogens is 1. The molecule has 1 atom stereocenters. The second kappa shape index (κ2) is 7.06. The van der Waals surface area contributed by atoms with Gasteiger partial charge in [-0.15, -0.1) is 0 Å². The molecule has 3 nitrogen and oxygen atoms in total. The molecule has 0 unspecified atom stereocenters. The average molecular weight is 270 g/mol. The maximum atomic E-state index is 5.64. The van der Waals surface area contributed by atoms with Crippen LogP contribution in [0.4, 0.5) is 0 Å². The lowest BCUT2D eigenvalue weighted by Gasteiger charge is -2.14. The zero-order valence-corrected chi connectivity index (χ0v) is 12.3. The summed E-state index contributed by atoms with van der Waals surface area (Å²) in [5.74, 6) is 0.920. The van der Waals surface area contributed by atoms with Gasteiger partial charge in [-0.3, -0.25) is 4.98 Å². The number of nitrogens with zero attached hydrogens (tertiary/aromatic N) is 1. The Bertz CT molecular complexity index is 508. The van der Waals surface area contributed by atoms with Crippen LogP contribution in [0.3, 0.4) is 0 Å². The number of hydrogen-bond acceptors (Lipinski definition) is 3. The van der Waals surface area contributed by atoms with Crippen LogP contribution in [0, 0.1) is 0 Å². The number of ether oxygens (including phenoxy) is 1. The molecule has 0 aliphatic rings. The van der Waals surface area contributed by atoms with Crippen LogP contribution in [0.15, 0.2) is 48.8 Å². The molecule has 0 aliphatic heterocycles. The van der Waals surface area contributed by atoms with Crippen molar-refractivity contribution >= 4 is 0 Å². The lowest BCUT2D eigenvalue weighted by Crippen LogP contribution is -2.18. The van der Waals surface area contributed by atoms with Crippen LogP contribution < -0.4 is 10.1 Å². The van der Waals surface area contributed by atoms with Crippen LogP contribution >= 0.6 is 0 Å². The number of pyridine rings is 1. The second-order valence-corrected chi connectivity index (χ2v) is 5.20. The monoisotopic (exact) mass is 270 g/mol. The molecule has 1 aromatic heterocycles. The van der Waals surface area contributed by atoms with E-state index in [9.17, 15) is 0 Å². The first-order chi connectivity index (χ1) is 9.65. The molecular formula is C17H22N2O. The van der Waals surface area contributed by atoms with E-state index in [1.807, 2.05) is 38.2 Å². The van der Waals surface area contributed by atoms with Gasteiger partial charge in [0.05, 0.1) is 6.10 Å². The van der Waals surface area contributed by atoms with Crippen molar-refractivity contribution in [3.05, 3.63) is 59.9 Å². The summed E-state index contributed by atoms with van der Waals surface area (Å²) in [4.78, 5) is 4.14. The smallest absolute Gasteiger partial charge is 0.119 e. The first-order valence-corrected chi connectivity index (χ1v) is 7.04. The first-order valence-electron chi connectivity index (χ1n) is 7.04. The Morgan fingerprint density at radius 3 is 2.45 bits per heavy atom. The lowest BCUT2D eigenvalue weighted by atomic mass is 10.1. The maximum Gasteiger partial charge on any atom is 0.119 e. The fourth-order valence-electron chi connectivity index (χ4n) is 1.98. The van der Waals surface area contributed by atoms with E-state index in [4.69, 9.17) is 4.74 Å². The molecule has 1 heterocycles. The quantitative estimate of drug-likeness (QED) is 0.868. The van der Waals surface area contributed by atoms with Gasteiger partial charge in [-0.05, 0) is 50.1 Å². The van der Waals surface area contributed by atoms with Gasteiger partial charge in [-0.2, -0.15) is 0 Å². The Kier molecular flexibility index (Phi) is 5.13. The molecule has 0 spiro atoms. The van der Waals surface area contributed by atoms with Crippen molar-refractivity contribution in [3.8, 4) is 5.75 Å². The summed E-state index contributed by atoms with van der Waals surface area (Å²) in [7, 11) is 0. The fraction of sp³-hybridized carbons (Fsp3) is 0.353. The van der Waals surface area contributed by atoms with Crippen molar-refractivity contribution in [1.82, 2.24) is 10.3 Å². The molecule has 0 amide bonds. The fourth-order valence-corrected chi connectivity index (χ4v) is 1.98. The molecular weight excluding hydrogens is 248 g/mol. The van der Waals surface area contributed by atoms with Gasteiger partial charge < -0.3 is 10.1 Å². The van der Waals surface area contributed by atoms with Crippen molar-refractivity contribution in [2.45, 2.75) is 39.5 Å². The Hall–Kier alpha value is -1.87. The molecule has 0 bridgehead atoms. The molecule has 0 fully saturated rings. The highest BCUT2D eigenvalue weighted by atomic mass is 16.5. The zero-order chi connectivity index (χ0) is 14.4. The highest BCUT2D eigenvalue weighted by Gasteiger charge is 2.04. The van der Waals surface area contributed by atoms with Crippen LogP contribution in [0.2, 0.25) is 0 Å². The summed E-state index contributed by atoms with van der Waals surface area (Å²) >= 11 is 0. The molecule has 0 radical (unpaired) electrons. The van der Waals surface area contributed by atoms with E-state index in [1.165, 1.54) is 11.1 Å². The third-order valence-corrected chi connectivity index (χ3v) is 3.09. The number of nitrogens with one attached hydrogen (secondary N) is 1. The number of hydrogen-bond donors (Lipinski definition) is 1. The zero-order valence-electron chi connectivity index (χ0n) is 12.3. The predicted molar refractivity (Wildman–Crippen MR) is 81.7 cm³/mol. The molecule has 1 aromatic carbocycles. The van der Waals surface area contributed by atoms with E-state index in [0.29, 0.717) is 0 Å². The summed E-state index contributed by atoms with van der Waals surface area (Å²) in [6.45, 7) is 7.04. The van der Waals surface area contributed by atoms with Crippen molar-refractivity contribution in [2.75, 3.05) is 0 Å². The molecule has 3 heteroatoms. The Morgan fingerprint density at radius 1 is 1.10 bits per heavy atom. The van der Waals surface area contributed by atoms with Crippen LogP contribution in [0.25, 0.3) is 0 Å². The predicted octanol–water partition coefficient (Wildman–Crippen LogP) is 3.72. The van der Waals surface area contributed by atoms with E-state index < -0.39 is 0 Å². The molecule has 2 aromatic rings. The van der Waals surface area contributed by atoms with E-state index in [1.54, 1.807) is 6.20 Å². The van der Waals surface area contributed by atoms with Gasteiger partial charge in [0.2, 0.25) is 0 Å². The van der Waals surface area contributed by atoms with Gasteiger partial charge in [-0.25, -0.2) is 0 Å². The Labute approximate surface area is 121 Å². The van der Waals surface area contributed by atoms with Crippen LogP contribution in [0.1, 0.15) is 37.9 Å². The standard InChI is InChI=1S/C17H22N2O/c1-13(2)20-17-8-6-15(7-9-17)11-19-14(3)16-5-4-10-18-12-16/h4-10,12-14,19H,11H2,1-3H3/t14-/m1/s1. The van der Waals surface area contributed by atoms with Gasteiger partial charge in [0.1, 0.15) is 5.75 Å². The summed E-state index contributed by atoms with van der Waals surface area (Å²) in [6, 6.07) is 12.6. The third-order valence-electron chi connectivity index (χ3n) is 3.09.